The molecular weight excluding hydrogens is 332 g/mol. The summed E-state index contributed by atoms with van der Waals surface area (Å²) in [6, 6.07) is 1.77. The Balaban J connectivity index is 1.66. The molecule has 0 aromatic carbocycles. The summed E-state index contributed by atoms with van der Waals surface area (Å²) in [6.07, 6.45) is 4.34. The van der Waals surface area contributed by atoms with Crippen molar-refractivity contribution in [2.24, 2.45) is 5.10 Å². The zero-order valence-corrected chi connectivity index (χ0v) is 14.3. The molecule has 0 aliphatic carbocycles. The van der Waals surface area contributed by atoms with E-state index in [-0.39, 0.29) is 0 Å². The number of fused-ring (bicyclic) bond motifs is 1. The molecule has 0 radical (unpaired) electrons. The fourth-order valence-corrected chi connectivity index (χ4v) is 3.09. The van der Waals surface area contributed by atoms with Crippen LogP contribution in [0.15, 0.2) is 30.1 Å². The Morgan fingerprint density at radius 2 is 2.22 bits per heavy atom. The highest BCUT2D eigenvalue weighted by Gasteiger charge is 2.20. The van der Waals surface area contributed by atoms with Gasteiger partial charge >= 0.3 is 0 Å². The number of piperazine rings is 1. The zero-order chi connectivity index (χ0) is 16.2. The summed E-state index contributed by atoms with van der Waals surface area (Å²) in [4.78, 5) is 8.68. The zero-order valence-electron chi connectivity index (χ0n) is 12.8. The summed E-state index contributed by atoms with van der Waals surface area (Å²) < 4.78 is 0. The number of nitrogens with zero attached hydrogens (tertiary/aromatic N) is 4. The minimum atomic E-state index is 0.642. The first kappa shape index (κ1) is 16.0. The molecule has 1 aromatic heterocycles. The molecule has 0 spiro atoms. The number of hydrogen-bond donors (Lipinski definition) is 2. The van der Waals surface area contributed by atoms with Crippen LogP contribution in [-0.2, 0) is 0 Å². The van der Waals surface area contributed by atoms with E-state index in [1.165, 1.54) is 0 Å². The lowest BCUT2D eigenvalue weighted by molar-refractivity contribution is 0.236. The van der Waals surface area contributed by atoms with Crippen LogP contribution in [0.2, 0.25) is 5.02 Å². The van der Waals surface area contributed by atoms with Gasteiger partial charge in [0.15, 0.2) is 5.11 Å². The van der Waals surface area contributed by atoms with Crippen molar-refractivity contribution in [3.05, 3.63) is 35.8 Å². The number of hydrazone groups is 1. The lowest BCUT2D eigenvalue weighted by atomic mass is 10.1. The molecule has 122 valence electrons. The second kappa shape index (κ2) is 7.14. The maximum Gasteiger partial charge on any atom is 0.189 e. The Labute approximate surface area is 146 Å². The molecular formula is C15H19ClN6S. The molecule has 1 fully saturated rings. The van der Waals surface area contributed by atoms with Crippen molar-refractivity contribution in [3.63, 3.8) is 0 Å². The summed E-state index contributed by atoms with van der Waals surface area (Å²) >= 11 is 11.6. The molecule has 3 rings (SSSR count). The first-order chi connectivity index (χ1) is 11.2. The van der Waals surface area contributed by atoms with E-state index in [0.717, 1.165) is 56.2 Å². The van der Waals surface area contributed by atoms with E-state index >= 15 is 0 Å². The maximum absolute atomic E-state index is 6.19. The first-order valence-electron chi connectivity index (χ1n) is 7.56. The molecule has 0 atom stereocenters. The molecule has 23 heavy (non-hydrogen) atoms. The van der Waals surface area contributed by atoms with E-state index < -0.39 is 0 Å². The summed E-state index contributed by atoms with van der Waals surface area (Å²) in [5, 5.41) is 9.03. The lowest BCUT2D eigenvalue weighted by Gasteiger charge is -2.35. The Kier molecular flexibility index (Phi) is 4.97. The number of rotatable bonds is 2. The number of pyridine rings is 1. The van der Waals surface area contributed by atoms with Gasteiger partial charge in [-0.3, -0.25) is 10.4 Å². The van der Waals surface area contributed by atoms with Crippen LogP contribution in [0.5, 0.6) is 0 Å². The van der Waals surface area contributed by atoms with Gasteiger partial charge in [-0.25, -0.2) is 0 Å². The minimum absolute atomic E-state index is 0.642. The Morgan fingerprint density at radius 3 is 2.96 bits per heavy atom. The highest BCUT2D eigenvalue weighted by molar-refractivity contribution is 7.80. The third-order valence-corrected chi connectivity index (χ3v) is 4.65. The standard InChI is InChI=1S/C15H19ClN6S/c1-2-21-7-9-22(10-8-21)15(23)20-19-12-4-6-17-13-11(16)3-5-18-14(12)13/h2-3,5,17H,1,4,6-10H2,(H,20,23)/b19-12-. The number of hydrogen-bond acceptors (Lipinski definition) is 5. The van der Waals surface area contributed by atoms with E-state index in [9.17, 15) is 0 Å². The van der Waals surface area contributed by atoms with Crippen molar-refractivity contribution in [2.45, 2.75) is 6.42 Å². The van der Waals surface area contributed by atoms with Gasteiger partial charge in [0, 0.05) is 45.3 Å². The molecule has 3 heterocycles. The van der Waals surface area contributed by atoms with Gasteiger partial charge in [-0.15, -0.1) is 0 Å². The smallest absolute Gasteiger partial charge is 0.189 e. The second-order valence-electron chi connectivity index (χ2n) is 5.37. The van der Waals surface area contributed by atoms with E-state index in [1.54, 1.807) is 12.3 Å². The number of thiocarbonyl (C=S) groups is 1. The molecule has 0 bridgehead atoms. The predicted octanol–water partition coefficient (Wildman–Crippen LogP) is 1.89. The van der Waals surface area contributed by atoms with Crippen LogP contribution in [0.3, 0.4) is 0 Å². The van der Waals surface area contributed by atoms with E-state index in [2.05, 4.69) is 37.2 Å². The van der Waals surface area contributed by atoms with Gasteiger partial charge in [0.25, 0.3) is 0 Å². The molecule has 0 unspecified atom stereocenters. The number of aromatic nitrogens is 1. The number of nitrogens with one attached hydrogen (secondary N) is 2. The monoisotopic (exact) mass is 350 g/mol. The molecule has 6 nitrogen and oxygen atoms in total. The predicted molar refractivity (Wildman–Crippen MR) is 98.0 cm³/mol. The largest absolute Gasteiger partial charge is 0.382 e. The lowest BCUT2D eigenvalue weighted by Crippen LogP contribution is -2.49. The SMILES string of the molecule is C=CN1CCN(C(=S)N/N=C2/CCNc3c(Cl)ccnc32)CC1. The van der Waals surface area contributed by atoms with Gasteiger partial charge in [0.1, 0.15) is 5.69 Å². The number of anilines is 1. The average molecular weight is 351 g/mol. The quantitative estimate of drug-likeness (QED) is 0.627. The van der Waals surface area contributed by atoms with Crippen LogP contribution < -0.4 is 10.7 Å². The van der Waals surface area contributed by atoms with Crippen LogP contribution in [0.25, 0.3) is 0 Å². The fourth-order valence-electron chi connectivity index (χ4n) is 2.65. The van der Waals surface area contributed by atoms with Crippen molar-refractivity contribution < 1.29 is 0 Å². The molecule has 2 N–H and O–H groups in total. The van der Waals surface area contributed by atoms with Crippen molar-refractivity contribution in [3.8, 4) is 0 Å². The molecule has 8 heteroatoms. The fraction of sp³-hybridized carbons (Fsp3) is 0.400. The van der Waals surface area contributed by atoms with Gasteiger partial charge in [-0.1, -0.05) is 18.2 Å². The molecule has 2 aliphatic heterocycles. The number of halogens is 1. The summed E-state index contributed by atoms with van der Waals surface area (Å²) in [5.74, 6) is 0. The molecule has 1 saturated heterocycles. The van der Waals surface area contributed by atoms with Crippen LogP contribution in [0.1, 0.15) is 12.1 Å². The van der Waals surface area contributed by atoms with Gasteiger partial charge in [0.05, 0.1) is 16.4 Å². The maximum atomic E-state index is 6.19. The van der Waals surface area contributed by atoms with Gasteiger partial charge in [-0.2, -0.15) is 5.10 Å². The molecule has 0 saturated carbocycles. The third kappa shape index (κ3) is 3.56. The second-order valence-corrected chi connectivity index (χ2v) is 6.17. The van der Waals surface area contributed by atoms with Gasteiger partial charge in [0.2, 0.25) is 0 Å². The minimum Gasteiger partial charge on any atom is -0.382 e. The van der Waals surface area contributed by atoms with Crippen LogP contribution in [0, 0.1) is 0 Å². The van der Waals surface area contributed by atoms with Crippen molar-refractivity contribution in [1.29, 1.82) is 0 Å². The van der Waals surface area contributed by atoms with Gasteiger partial charge in [-0.05, 0) is 24.5 Å². The van der Waals surface area contributed by atoms with Crippen LogP contribution >= 0.6 is 23.8 Å². The summed E-state index contributed by atoms with van der Waals surface area (Å²) in [5.41, 5.74) is 5.50. The molecule has 1 aromatic rings. The Bertz CT molecular complexity index is 639. The average Bonchev–Trinajstić information content (AvgIpc) is 2.60. The Hall–Kier alpha value is -1.86. The van der Waals surface area contributed by atoms with Crippen molar-refractivity contribution in [2.75, 3.05) is 38.0 Å². The van der Waals surface area contributed by atoms with E-state index in [4.69, 9.17) is 23.8 Å². The van der Waals surface area contributed by atoms with E-state index in [1.807, 2.05) is 6.20 Å². The summed E-state index contributed by atoms with van der Waals surface area (Å²) in [7, 11) is 0. The molecule has 0 amide bonds. The van der Waals surface area contributed by atoms with Crippen LogP contribution in [0.4, 0.5) is 5.69 Å². The third-order valence-electron chi connectivity index (χ3n) is 3.98. The molecule has 2 aliphatic rings. The highest BCUT2D eigenvalue weighted by atomic mass is 35.5. The first-order valence-corrected chi connectivity index (χ1v) is 8.34. The summed E-state index contributed by atoms with van der Waals surface area (Å²) in [6.45, 7) is 8.15. The Morgan fingerprint density at radius 1 is 1.43 bits per heavy atom. The van der Waals surface area contributed by atoms with E-state index in [0.29, 0.717) is 10.1 Å². The van der Waals surface area contributed by atoms with Crippen LogP contribution in [-0.4, -0.2) is 58.3 Å². The normalized spacial score (nSPS) is 19.1. The highest BCUT2D eigenvalue weighted by Crippen LogP contribution is 2.28. The van der Waals surface area contributed by atoms with Gasteiger partial charge < -0.3 is 15.1 Å². The topological polar surface area (TPSA) is 55.8 Å². The van der Waals surface area contributed by atoms with Crippen molar-refractivity contribution in [1.82, 2.24) is 20.2 Å². The van der Waals surface area contributed by atoms with Crippen molar-refractivity contribution >= 4 is 40.3 Å².